The van der Waals surface area contributed by atoms with E-state index in [1.807, 2.05) is 13.0 Å². The lowest BCUT2D eigenvalue weighted by Crippen LogP contribution is -2.35. The maximum absolute atomic E-state index is 13.4. The topological polar surface area (TPSA) is 12.0 Å². The van der Waals surface area contributed by atoms with Gasteiger partial charge in [-0.15, -0.1) is 0 Å². The van der Waals surface area contributed by atoms with E-state index in [9.17, 15) is 4.39 Å². The average molecular weight is 207 g/mol. The summed E-state index contributed by atoms with van der Waals surface area (Å²) in [6, 6.07) is 5.99. The highest BCUT2D eigenvalue weighted by molar-refractivity contribution is 5.31. The third-order valence-electron chi connectivity index (χ3n) is 3.37. The minimum Gasteiger partial charge on any atom is -0.314 e. The normalized spacial score (nSPS) is 26.6. The Labute approximate surface area is 90.7 Å². The van der Waals surface area contributed by atoms with Crippen LogP contribution in [0.1, 0.15) is 36.8 Å². The highest BCUT2D eigenvalue weighted by Gasteiger charge is 2.21. The van der Waals surface area contributed by atoms with Crippen LogP contribution in [0.15, 0.2) is 18.2 Å². The molecule has 0 radical (unpaired) electrons. The van der Waals surface area contributed by atoms with E-state index in [2.05, 4.69) is 18.3 Å². The third kappa shape index (κ3) is 2.20. The lowest BCUT2D eigenvalue weighted by molar-refractivity contribution is 0.379. The fourth-order valence-corrected chi connectivity index (χ4v) is 2.48. The number of halogens is 1. The summed E-state index contributed by atoms with van der Waals surface area (Å²) in [6.45, 7) is 5.12. The molecule has 1 aliphatic heterocycles. The van der Waals surface area contributed by atoms with Crippen molar-refractivity contribution in [2.45, 2.75) is 38.6 Å². The first kappa shape index (κ1) is 10.6. The highest BCUT2D eigenvalue weighted by Crippen LogP contribution is 2.30. The summed E-state index contributed by atoms with van der Waals surface area (Å²) in [5.74, 6) is 0.454. The van der Waals surface area contributed by atoms with E-state index in [0.717, 1.165) is 24.9 Å². The van der Waals surface area contributed by atoms with E-state index >= 15 is 0 Å². The quantitative estimate of drug-likeness (QED) is 0.746. The molecule has 0 amide bonds. The number of benzene rings is 1. The van der Waals surface area contributed by atoms with Gasteiger partial charge in [-0.05, 0) is 56.3 Å². The van der Waals surface area contributed by atoms with Gasteiger partial charge < -0.3 is 5.32 Å². The molecule has 2 heteroatoms. The van der Waals surface area contributed by atoms with E-state index in [-0.39, 0.29) is 5.82 Å². The van der Waals surface area contributed by atoms with Crippen molar-refractivity contribution in [2.24, 2.45) is 0 Å². The number of piperidine rings is 1. The standard InChI is InChI=1S/C13H18FN/c1-9-8-11(6-7-15-9)12-4-3-5-13(14)10(12)2/h3-5,9,11,15H,6-8H2,1-2H3. The van der Waals surface area contributed by atoms with E-state index in [1.54, 1.807) is 6.07 Å². The summed E-state index contributed by atoms with van der Waals surface area (Å²) in [6.07, 6.45) is 2.24. The molecule has 1 fully saturated rings. The molecule has 1 N–H and O–H groups in total. The third-order valence-corrected chi connectivity index (χ3v) is 3.37. The molecule has 1 saturated heterocycles. The van der Waals surface area contributed by atoms with Crippen molar-refractivity contribution in [3.8, 4) is 0 Å². The minimum absolute atomic E-state index is 0.0707. The van der Waals surface area contributed by atoms with Crippen molar-refractivity contribution >= 4 is 0 Å². The zero-order chi connectivity index (χ0) is 10.8. The Balaban J connectivity index is 2.24. The molecule has 0 aromatic heterocycles. The van der Waals surface area contributed by atoms with Gasteiger partial charge in [-0.1, -0.05) is 12.1 Å². The second-order valence-corrected chi connectivity index (χ2v) is 4.53. The predicted molar refractivity (Wildman–Crippen MR) is 60.6 cm³/mol. The smallest absolute Gasteiger partial charge is 0.126 e. The molecule has 0 saturated carbocycles. The Bertz CT molecular complexity index is 348. The second-order valence-electron chi connectivity index (χ2n) is 4.53. The van der Waals surface area contributed by atoms with Gasteiger partial charge in [-0.25, -0.2) is 4.39 Å². The fraction of sp³-hybridized carbons (Fsp3) is 0.538. The second kappa shape index (κ2) is 4.31. The first-order valence-electron chi connectivity index (χ1n) is 5.67. The molecule has 2 rings (SSSR count). The highest BCUT2D eigenvalue weighted by atomic mass is 19.1. The van der Waals surface area contributed by atoms with Crippen LogP contribution in [0.5, 0.6) is 0 Å². The van der Waals surface area contributed by atoms with E-state index in [0.29, 0.717) is 12.0 Å². The van der Waals surface area contributed by atoms with E-state index < -0.39 is 0 Å². The monoisotopic (exact) mass is 207 g/mol. The summed E-state index contributed by atoms with van der Waals surface area (Å²) in [4.78, 5) is 0. The summed E-state index contributed by atoms with van der Waals surface area (Å²) < 4.78 is 13.4. The number of rotatable bonds is 1. The molecular formula is C13H18FN. The summed E-state index contributed by atoms with van der Waals surface area (Å²) in [5.41, 5.74) is 2.03. The minimum atomic E-state index is -0.0707. The largest absolute Gasteiger partial charge is 0.314 e. The Morgan fingerprint density at radius 3 is 2.93 bits per heavy atom. The number of nitrogens with one attached hydrogen (secondary N) is 1. The summed E-state index contributed by atoms with van der Waals surface area (Å²) in [5, 5.41) is 3.42. The predicted octanol–water partition coefficient (Wildman–Crippen LogP) is 2.99. The van der Waals surface area contributed by atoms with Gasteiger partial charge in [0.15, 0.2) is 0 Å². The van der Waals surface area contributed by atoms with E-state index in [1.165, 1.54) is 5.56 Å². The molecule has 2 unspecified atom stereocenters. The molecule has 15 heavy (non-hydrogen) atoms. The van der Waals surface area contributed by atoms with Gasteiger partial charge in [0, 0.05) is 6.04 Å². The van der Waals surface area contributed by atoms with Crippen LogP contribution in [-0.2, 0) is 0 Å². The first-order chi connectivity index (χ1) is 7.18. The van der Waals surface area contributed by atoms with Gasteiger partial charge in [-0.3, -0.25) is 0 Å². The van der Waals surface area contributed by atoms with Crippen LogP contribution < -0.4 is 5.32 Å². The van der Waals surface area contributed by atoms with Gasteiger partial charge in [0.2, 0.25) is 0 Å². The zero-order valence-electron chi connectivity index (χ0n) is 9.39. The first-order valence-corrected chi connectivity index (χ1v) is 5.67. The average Bonchev–Trinajstić information content (AvgIpc) is 2.22. The van der Waals surface area contributed by atoms with Crippen LogP contribution in [0.3, 0.4) is 0 Å². The Morgan fingerprint density at radius 2 is 2.20 bits per heavy atom. The van der Waals surface area contributed by atoms with Crippen LogP contribution in [-0.4, -0.2) is 12.6 Å². The molecule has 1 aromatic rings. The van der Waals surface area contributed by atoms with Crippen molar-refractivity contribution in [2.75, 3.05) is 6.54 Å². The van der Waals surface area contributed by atoms with Gasteiger partial charge in [0.05, 0.1) is 0 Å². The van der Waals surface area contributed by atoms with Gasteiger partial charge in [0.1, 0.15) is 5.82 Å². The molecule has 82 valence electrons. The fourth-order valence-electron chi connectivity index (χ4n) is 2.48. The summed E-state index contributed by atoms with van der Waals surface area (Å²) in [7, 11) is 0. The summed E-state index contributed by atoms with van der Waals surface area (Å²) >= 11 is 0. The van der Waals surface area contributed by atoms with Crippen molar-refractivity contribution in [3.05, 3.63) is 35.1 Å². The molecule has 1 aromatic carbocycles. The maximum atomic E-state index is 13.4. The van der Waals surface area contributed by atoms with Gasteiger partial charge in [-0.2, -0.15) is 0 Å². The maximum Gasteiger partial charge on any atom is 0.126 e. The molecule has 1 nitrogen and oxygen atoms in total. The SMILES string of the molecule is Cc1c(F)cccc1C1CCNC(C)C1. The molecule has 0 spiro atoms. The Morgan fingerprint density at radius 1 is 1.40 bits per heavy atom. The van der Waals surface area contributed by atoms with Crippen molar-refractivity contribution in [3.63, 3.8) is 0 Å². The molecule has 0 bridgehead atoms. The van der Waals surface area contributed by atoms with Crippen molar-refractivity contribution in [1.29, 1.82) is 0 Å². The Hall–Kier alpha value is -0.890. The lowest BCUT2D eigenvalue weighted by atomic mass is 9.85. The number of hydrogen-bond acceptors (Lipinski definition) is 1. The molecular weight excluding hydrogens is 189 g/mol. The number of hydrogen-bond donors (Lipinski definition) is 1. The molecule has 1 aliphatic rings. The van der Waals surface area contributed by atoms with Crippen LogP contribution in [0.2, 0.25) is 0 Å². The van der Waals surface area contributed by atoms with Crippen LogP contribution in [0.25, 0.3) is 0 Å². The lowest BCUT2D eigenvalue weighted by Gasteiger charge is -2.29. The molecule has 0 aliphatic carbocycles. The van der Waals surface area contributed by atoms with Crippen LogP contribution in [0.4, 0.5) is 4.39 Å². The Kier molecular flexibility index (Phi) is 3.06. The zero-order valence-corrected chi connectivity index (χ0v) is 9.39. The van der Waals surface area contributed by atoms with Gasteiger partial charge >= 0.3 is 0 Å². The van der Waals surface area contributed by atoms with Crippen LogP contribution >= 0.6 is 0 Å². The molecule has 2 atom stereocenters. The van der Waals surface area contributed by atoms with E-state index in [4.69, 9.17) is 0 Å². The van der Waals surface area contributed by atoms with Crippen LogP contribution in [0, 0.1) is 12.7 Å². The van der Waals surface area contributed by atoms with Crippen molar-refractivity contribution in [1.82, 2.24) is 5.32 Å². The van der Waals surface area contributed by atoms with Gasteiger partial charge in [0.25, 0.3) is 0 Å². The molecule has 1 heterocycles. The van der Waals surface area contributed by atoms with Crippen molar-refractivity contribution < 1.29 is 4.39 Å².